The summed E-state index contributed by atoms with van der Waals surface area (Å²) in [5.41, 5.74) is 4.40. The van der Waals surface area contributed by atoms with Crippen molar-refractivity contribution in [1.82, 2.24) is 15.0 Å². The van der Waals surface area contributed by atoms with E-state index in [1.165, 1.54) is 0 Å². The minimum Gasteiger partial charge on any atom is -0.359 e. The summed E-state index contributed by atoms with van der Waals surface area (Å²) in [6.45, 7) is 6.59. The number of fused-ring (bicyclic) bond motifs is 1. The third-order valence-corrected chi connectivity index (χ3v) is 4.89. The van der Waals surface area contributed by atoms with E-state index < -0.39 is 0 Å². The first-order valence-corrected chi connectivity index (χ1v) is 8.66. The number of para-hydroxylation sites is 1. The molecule has 1 aliphatic rings. The van der Waals surface area contributed by atoms with E-state index in [0.29, 0.717) is 5.56 Å². The quantitative estimate of drug-likeness (QED) is 0.706. The number of rotatable bonds is 2. The lowest BCUT2D eigenvalue weighted by Gasteiger charge is -2.23. The molecule has 5 nitrogen and oxygen atoms in total. The van der Waals surface area contributed by atoms with E-state index in [9.17, 15) is 4.79 Å². The molecule has 0 spiro atoms. The maximum Gasteiger partial charge on any atom is 0.255 e. The number of pyridine rings is 1. The number of aromatic nitrogens is 2. The Labute approximate surface area is 146 Å². The third kappa shape index (κ3) is 2.69. The molecule has 1 fully saturated rings. The number of carbonyl (C=O) groups excluding carboxylic acids is 1. The first-order valence-electron chi connectivity index (χ1n) is 8.66. The van der Waals surface area contributed by atoms with E-state index in [1.807, 2.05) is 56.0 Å². The van der Waals surface area contributed by atoms with Crippen LogP contribution >= 0.6 is 0 Å². The summed E-state index contributed by atoms with van der Waals surface area (Å²) in [7, 11) is 0. The summed E-state index contributed by atoms with van der Waals surface area (Å²) in [6.07, 6.45) is 1.87. The van der Waals surface area contributed by atoms with Gasteiger partial charge in [-0.25, -0.2) is 0 Å². The molecule has 0 radical (unpaired) electrons. The average molecular weight is 335 g/mol. The van der Waals surface area contributed by atoms with Crippen molar-refractivity contribution in [2.24, 2.45) is 0 Å². The molecule has 3 aromatic rings. The Balaban J connectivity index is 1.78. The van der Waals surface area contributed by atoms with Gasteiger partial charge in [0, 0.05) is 23.7 Å². The lowest BCUT2D eigenvalue weighted by atomic mass is 10.0. The molecule has 0 bridgehead atoms. The summed E-state index contributed by atoms with van der Waals surface area (Å²) < 4.78 is 5.44. The van der Waals surface area contributed by atoms with Crippen molar-refractivity contribution >= 4 is 16.8 Å². The zero-order chi connectivity index (χ0) is 17.6. The van der Waals surface area contributed by atoms with Gasteiger partial charge in [-0.1, -0.05) is 23.4 Å². The van der Waals surface area contributed by atoms with Crippen LogP contribution in [0.25, 0.3) is 10.9 Å². The van der Waals surface area contributed by atoms with E-state index in [-0.39, 0.29) is 11.9 Å². The molecule has 0 saturated carbocycles. The van der Waals surface area contributed by atoms with Crippen LogP contribution in [0, 0.1) is 20.8 Å². The first kappa shape index (κ1) is 15.8. The van der Waals surface area contributed by atoms with Gasteiger partial charge in [0.05, 0.1) is 22.8 Å². The van der Waals surface area contributed by atoms with Gasteiger partial charge in [0.25, 0.3) is 5.91 Å². The fourth-order valence-corrected chi connectivity index (χ4v) is 3.70. The van der Waals surface area contributed by atoms with Crippen LogP contribution in [0.2, 0.25) is 0 Å². The highest BCUT2D eigenvalue weighted by molar-refractivity contribution is 6.07. The summed E-state index contributed by atoms with van der Waals surface area (Å²) in [6, 6.07) is 9.76. The summed E-state index contributed by atoms with van der Waals surface area (Å²) in [4.78, 5) is 19.9. The Morgan fingerprint density at radius 3 is 2.80 bits per heavy atom. The molecular weight excluding hydrogens is 314 g/mol. The Kier molecular flexibility index (Phi) is 3.79. The third-order valence-electron chi connectivity index (χ3n) is 4.89. The molecule has 1 aromatic carbocycles. The molecule has 0 aliphatic carbocycles. The number of aryl methyl sites for hydroxylation is 3. The predicted octanol–water partition coefficient (Wildman–Crippen LogP) is 4.13. The highest BCUT2D eigenvalue weighted by Gasteiger charge is 2.34. The molecule has 25 heavy (non-hydrogen) atoms. The van der Waals surface area contributed by atoms with Gasteiger partial charge in [-0.2, -0.15) is 0 Å². The molecule has 2 aromatic heterocycles. The number of carbonyl (C=O) groups is 1. The van der Waals surface area contributed by atoms with Gasteiger partial charge in [0.2, 0.25) is 0 Å². The molecule has 1 atom stereocenters. The normalized spacial score (nSPS) is 17.4. The van der Waals surface area contributed by atoms with Crippen molar-refractivity contribution in [3.63, 3.8) is 0 Å². The summed E-state index contributed by atoms with van der Waals surface area (Å²) in [5, 5.41) is 4.89. The minimum atomic E-state index is -0.0398. The largest absolute Gasteiger partial charge is 0.359 e. The molecule has 128 valence electrons. The second kappa shape index (κ2) is 5.99. The monoisotopic (exact) mass is 335 g/mol. The number of amides is 1. The van der Waals surface area contributed by atoms with Crippen LogP contribution in [-0.4, -0.2) is 27.5 Å². The van der Waals surface area contributed by atoms with Crippen LogP contribution in [0.15, 0.2) is 34.9 Å². The standard InChI is InChI=1S/C20H21N3O2/c1-12-6-4-7-15-16(10-13(2)21-19(12)15)20(24)23-9-5-8-17(23)18-11-14(3)22-25-18/h4,6-7,10-11,17H,5,8-9H2,1-3H3. The zero-order valence-electron chi connectivity index (χ0n) is 14.7. The van der Waals surface area contributed by atoms with E-state index in [4.69, 9.17) is 4.52 Å². The van der Waals surface area contributed by atoms with Crippen molar-refractivity contribution in [2.75, 3.05) is 6.54 Å². The summed E-state index contributed by atoms with van der Waals surface area (Å²) >= 11 is 0. The highest BCUT2D eigenvalue weighted by Crippen LogP contribution is 2.34. The van der Waals surface area contributed by atoms with Crippen molar-refractivity contribution in [1.29, 1.82) is 0 Å². The van der Waals surface area contributed by atoms with Crippen LogP contribution < -0.4 is 0 Å². The first-order chi connectivity index (χ1) is 12.0. The van der Waals surface area contributed by atoms with Crippen molar-refractivity contribution in [2.45, 2.75) is 39.7 Å². The molecular formula is C20H21N3O2. The smallest absolute Gasteiger partial charge is 0.255 e. The molecule has 5 heteroatoms. The van der Waals surface area contributed by atoms with E-state index >= 15 is 0 Å². The molecule has 1 aliphatic heterocycles. The van der Waals surface area contributed by atoms with Gasteiger partial charge in [0.1, 0.15) is 0 Å². The van der Waals surface area contributed by atoms with Crippen LogP contribution in [-0.2, 0) is 0 Å². The van der Waals surface area contributed by atoms with Gasteiger partial charge in [-0.05, 0) is 45.2 Å². The van der Waals surface area contributed by atoms with Gasteiger partial charge >= 0.3 is 0 Å². The molecule has 1 saturated heterocycles. The lowest BCUT2D eigenvalue weighted by Crippen LogP contribution is -2.30. The molecule has 1 unspecified atom stereocenters. The van der Waals surface area contributed by atoms with Gasteiger partial charge < -0.3 is 9.42 Å². The molecule has 3 heterocycles. The van der Waals surface area contributed by atoms with E-state index in [1.54, 1.807) is 0 Å². The van der Waals surface area contributed by atoms with Gasteiger partial charge in [-0.15, -0.1) is 0 Å². The van der Waals surface area contributed by atoms with Gasteiger partial charge in [-0.3, -0.25) is 9.78 Å². The van der Waals surface area contributed by atoms with Crippen molar-refractivity contribution in [3.05, 3.63) is 58.6 Å². The van der Waals surface area contributed by atoms with Crippen LogP contribution in [0.1, 0.15) is 52.0 Å². The SMILES string of the molecule is Cc1cc(C2CCCN2C(=O)c2cc(C)nc3c(C)cccc23)on1. The number of hydrogen-bond donors (Lipinski definition) is 0. The minimum absolute atomic E-state index is 0.0395. The highest BCUT2D eigenvalue weighted by atomic mass is 16.5. The van der Waals surface area contributed by atoms with E-state index in [0.717, 1.165) is 53.0 Å². The fourth-order valence-electron chi connectivity index (χ4n) is 3.70. The second-order valence-corrected chi connectivity index (χ2v) is 6.81. The van der Waals surface area contributed by atoms with Crippen molar-refractivity contribution < 1.29 is 9.32 Å². The van der Waals surface area contributed by atoms with Crippen LogP contribution in [0.5, 0.6) is 0 Å². The average Bonchev–Trinajstić information content (AvgIpc) is 3.23. The van der Waals surface area contributed by atoms with E-state index in [2.05, 4.69) is 10.1 Å². The number of benzene rings is 1. The Bertz CT molecular complexity index is 961. The Morgan fingerprint density at radius 1 is 1.20 bits per heavy atom. The Hall–Kier alpha value is -2.69. The Morgan fingerprint density at radius 2 is 2.04 bits per heavy atom. The molecule has 4 rings (SSSR count). The summed E-state index contributed by atoms with van der Waals surface area (Å²) in [5.74, 6) is 0.812. The number of likely N-dealkylation sites (tertiary alicyclic amines) is 1. The fraction of sp³-hybridized carbons (Fsp3) is 0.350. The molecule has 1 amide bonds. The predicted molar refractivity (Wildman–Crippen MR) is 95.5 cm³/mol. The van der Waals surface area contributed by atoms with Crippen molar-refractivity contribution in [3.8, 4) is 0 Å². The zero-order valence-corrected chi connectivity index (χ0v) is 14.7. The molecule has 0 N–H and O–H groups in total. The van der Waals surface area contributed by atoms with Crippen LogP contribution in [0.4, 0.5) is 0 Å². The van der Waals surface area contributed by atoms with Crippen LogP contribution in [0.3, 0.4) is 0 Å². The van der Waals surface area contributed by atoms with Gasteiger partial charge in [0.15, 0.2) is 5.76 Å². The number of hydrogen-bond acceptors (Lipinski definition) is 4. The maximum absolute atomic E-state index is 13.4. The number of nitrogens with zero attached hydrogens (tertiary/aromatic N) is 3. The second-order valence-electron chi connectivity index (χ2n) is 6.81. The topological polar surface area (TPSA) is 59.2 Å². The maximum atomic E-state index is 13.4. The lowest BCUT2D eigenvalue weighted by molar-refractivity contribution is 0.0716.